The molecule has 0 bridgehead atoms. The first kappa shape index (κ1) is 13.1. The molecule has 104 valence electrons. The number of rotatable bonds is 3. The second-order valence-electron chi connectivity index (χ2n) is 5.91. The Morgan fingerprint density at radius 1 is 1.26 bits per heavy atom. The van der Waals surface area contributed by atoms with Gasteiger partial charge in [0.1, 0.15) is 0 Å². The van der Waals surface area contributed by atoms with Crippen molar-refractivity contribution in [2.24, 2.45) is 0 Å². The van der Waals surface area contributed by atoms with Gasteiger partial charge in [-0.3, -0.25) is 0 Å². The van der Waals surface area contributed by atoms with Crippen molar-refractivity contribution in [1.29, 1.82) is 0 Å². The van der Waals surface area contributed by atoms with E-state index in [0.29, 0.717) is 5.92 Å². The van der Waals surface area contributed by atoms with Crippen molar-refractivity contribution in [2.45, 2.75) is 37.7 Å². The van der Waals surface area contributed by atoms with Crippen LogP contribution in [0.5, 0.6) is 0 Å². The van der Waals surface area contributed by atoms with Crippen LogP contribution in [-0.4, -0.2) is 47.5 Å². The van der Waals surface area contributed by atoms with Crippen LogP contribution in [0.4, 0.5) is 0 Å². The predicted octanol–water partition coefficient (Wildman–Crippen LogP) is 1.32. The Kier molecular flexibility index (Phi) is 3.87. The van der Waals surface area contributed by atoms with Gasteiger partial charge in [0, 0.05) is 13.1 Å². The van der Waals surface area contributed by atoms with E-state index in [2.05, 4.69) is 23.1 Å². The molecule has 0 spiro atoms. The zero-order chi connectivity index (χ0) is 13.2. The minimum atomic E-state index is -0.187. The average Bonchev–Trinajstić information content (AvgIpc) is 2.79. The largest absolute Gasteiger partial charge is 0.395 e. The number of hydrogen-bond donors (Lipinski definition) is 2. The van der Waals surface area contributed by atoms with E-state index >= 15 is 0 Å². The Morgan fingerprint density at radius 2 is 2.16 bits per heavy atom. The van der Waals surface area contributed by atoms with Crippen LogP contribution >= 0.6 is 0 Å². The Balaban J connectivity index is 1.81. The van der Waals surface area contributed by atoms with E-state index in [1.54, 1.807) is 0 Å². The molecular formula is C16H23NO2. The van der Waals surface area contributed by atoms with Gasteiger partial charge < -0.3 is 15.1 Å². The molecule has 0 amide bonds. The van der Waals surface area contributed by atoms with Gasteiger partial charge in [0.2, 0.25) is 0 Å². The van der Waals surface area contributed by atoms with E-state index in [1.807, 2.05) is 0 Å². The number of aliphatic hydroxyl groups is 2. The number of likely N-dealkylation sites (tertiary alicyclic amines) is 1. The Labute approximate surface area is 114 Å². The summed E-state index contributed by atoms with van der Waals surface area (Å²) in [4.78, 5) is 2.36. The SMILES string of the molecule is OCCN1CCCC(c2cccc3c2CC(O)C3)C1. The fraction of sp³-hybridized carbons (Fsp3) is 0.625. The summed E-state index contributed by atoms with van der Waals surface area (Å²) in [5.74, 6) is 0.570. The Hall–Kier alpha value is -0.900. The van der Waals surface area contributed by atoms with Gasteiger partial charge >= 0.3 is 0 Å². The molecule has 1 aliphatic heterocycles. The summed E-state index contributed by atoms with van der Waals surface area (Å²) in [6.07, 6.45) is 3.89. The van der Waals surface area contributed by atoms with Crippen molar-refractivity contribution in [3.63, 3.8) is 0 Å². The van der Waals surface area contributed by atoms with Crippen molar-refractivity contribution in [1.82, 2.24) is 4.90 Å². The summed E-state index contributed by atoms with van der Waals surface area (Å²) in [6.45, 7) is 3.19. The fourth-order valence-electron chi connectivity index (χ4n) is 3.69. The summed E-state index contributed by atoms with van der Waals surface area (Å²) in [5.41, 5.74) is 4.17. The first-order valence-corrected chi connectivity index (χ1v) is 7.40. The lowest BCUT2D eigenvalue weighted by molar-refractivity contribution is 0.160. The summed E-state index contributed by atoms with van der Waals surface area (Å²) in [5, 5.41) is 19.0. The summed E-state index contributed by atoms with van der Waals surface area (Å²) in [7, 11) is 0. The van der Waals surface area contributed by atoms with Gasteiger partial charge in [-0.25, -0.2) is 0 Å². The van der Waals surface area contributed by atoms with Crippen LogP contribution in [0.2, 0.25) is 0 Å². The van der Waals surface area contributed by atoms with E-state index in [9.17, 15) is 5.11 Å². The van der Waals surface area contributed by atoms with E-state index in [0.717, 1.165) is 32.5 Å². The molecule has 1 saturated heterocycles. The standard InChI is InChI=1S/C16H23NO2/c18-8-7-17-6-2-4-13(11-17)15-5-1-3-12-9-14(19)10-16(12)15/h1,3,5,13-14,18-19H,2,4,6-11H2. The van der Waals surface area contributed by atoms with E-state index in [4.69, 9.17) is 5.11 Å². The number of aliphatic hydroxyl groups excluding tert-OH is 2. The van der Waals surface area contributed by atoms with Crippen molar-refractivity contribution < 1.29 is 10.2 Å². The smallest absolute Gasteiger partial charge is 0.0621 e. The molecule has 1 heterocycles. The van der Waals surface area contributed by atoms with Crippen LogP contribution in [0.3, 0.4) is 0 Å². The number of piperidine rings is 1. The number of fused-ring (bicyclic) bond motifs is 1. The lowest BCUT2D eigenvalue weighted by Gasteiger charge is -2.33. The topological polar surface area (TPSA) is 43.7 Å². The third kappa shape index (κ3) is 2.69. The monoisotopic (exact) mass is 261 g/mol. The highest BCUT2D eigenvalue weighted by atomic mass is 16.3. The molecule has 2 N–H and O–H groups in total. The molecule has 3 heteroatoms. The number of hydrogen-bond acceptors (Lipinski definition) is 3. The normalized spacial score (nSPS) is 27.5. The summed E-state index contributed by atoms with van der Waals surface area (Å²) >= 11 is 0. The van der Waals surface area contributed by atoms with Gasteiger partial charge in [0.15, 0.2) is 0 Å². The molecule has 0 radical (unpaired) electrons. The van der Waals surface area contributed by atoms with Crippen molar-refractivity contribution >= 4 is 0 Å². The Morgan fingerprint density at radius 3 is 3.00 bits per heavy atom. The minimum absolute atomic E-state index is 0.187. The highest BCUT2D eigenvalue weighted by Gasteiger charge is 2.27. The predicted molar refractivity (Wildman–Crippen MR) is 75.4 cm³/mol. The van der Waals surface area contributed by atoms with Crippen molar-refractivity contribution in [3.8, 4) is 0 Å². The minimum Gasteiger partial charge on any atom is -0.395 e. The molecule has 1 fully saturated rings. The first-order chi connectivity index (χ1) is 9.28. The molecule has 2 atom stereocenters. The van der Waals surface area contributed by atoms with Gasteiger partial charge in [-0.1, -0.05) is 18.2 Å². The highest BCUT2D eigenvalue weighted by molar-refractivity contribution is 5.42. The molecule has 2 unspecified atom stereocenters. The maximum absolute atomic E-state index is 9.87. The lowest BCUT2D eigenvalue weighted by Crippen LogP contribution is -2.36. The third-order valence-corrected chi connectivity index (χ3v) is 4.57. The van der Waals surface area contributed by atoms with Crippen LogP contribution in [0.25, 0.3) is 0 Å². The van der Waals surface area contributed by atoms with Gasteiger partial charge in [-0.05, 0) is 54.8 Å². The zero-order valence-corrected chi connectivity index (χ0v) is 11.4. The van der Waals surface area contributed by atoms with Crippen LogP contribution in [0.15, 0.2) is 18.2 Å². The average molecular weight is 261 g/mol. The molecule has 3 nitrogen and oxygen atoms in total. The molecule has 1 aliphatic carbocycles. The molecule has 0 aromatic heterocycles. The lowest BCUT2D eigenvalue weighted by atomic mass is 9.86. The van der Waals surface area contributed by atoms with Crippen LogP contribution in [0, 0.1) is 0 Å². The quantitative estimate of drug-likeness (QED) is 0.862. The van der Waals surface area contributed by atoms with E-state index in [-0.39, 0.29) is 12.7 Å². The van der Waals surface area contributed by atoms with Crippen LogP contribution in [0.1, 0.15) is 35.4 Å². The van der Waals surface area contributed by atoms with Crippen molar-refractivity contribution in [2.75, 3.05) is 26.2 Å². The molecule has 2 aliphatic rings. The zero-order valence-electron chi connectivity index (χ0n) is 11.4. The first-order valence-electron chi connectivity index (χ1n) is 7.40. The van der Waals surface area contributed by atoms with Crippen LogP contribution in [-0.2, 0) is 12.8 Å². The third-order valence-electron chi connectivity index (χ3n) is 4.57. The molecule has 19 heavy (non-hydrogen) atoms. The maximum Gasteiger partial charge on any atom is 0.0621 e. The van der Waals surface area contributed by atoms with Gasteiger partial charge in [0.05, 0.1) is 12.7 Å². The van der Waals surface area contributed by atoms with Crippen molar-refractivity contribution in [3.05, 3.63) is 34.9 Å². The van der Waals surface area contributed by atoms with Gasteiger partial charge in [0.25, 0.3) is 0 Å². The fourth-order valence-corrected chi connectivity index (χ4v) is 3.69. The molecule has 1 aromatic rings. The molecular weight excluding hydrogens is 238 g/mol. The summed E-state index contributed by atoms with van der Waals surface area (Å²) < 4.78 is 0. The van der Waals surface area contributed by atoms with Gasteiger partial charge in [-0.15, -0.1) is 0 Å². The number of β-amino-alcohol motifs (C(OH)–C–C–N with tert-alkyl or cyclic N) is 1. The van der Waals surface area contributed by atoms with Gasteiger partial charge in [-0.2, -0.15) is 0 Å². The molecule has 0 saturated carbocycles. The van der Waals surface area contributed by atoms with E-state index in [1.165, 1.54) is 29.5 Å². The molecule has 3 rings (SSSR count). The number of benzene rings is 1. The van der Waals surface area contributed by atoms with Crippen LogP contribution < -0.4 is 0 Å². The molecule has 1 aromatic carbocycles. The number of nitrogens with zero attached hydrogens (tertiary/aromatic N) is 1. The highest BCUT2D eigenvalue weighted by Crippen LogP contribution is 2.34. The van der Waals surface area contributed by atoms with E-state index < -0.39 is 0 Å². The second-order valence-corrected chi connectivity index (χ2v) is 5.91. The maximum atomic E-state index is 9.87. The summed E-state index contributed by atoms with van der Waals surface area (Å²) in [6, 6.07) is 6.53. The second kappa shape index (κ2) is 5.61. The Bertz CT molecular complexity index is 444.